The van der Waals surface area contributed by atoms with Crippen LogP contribution in [-0.4, -0.2) is 48.2 Å². The first-order chi connectivity index (χ1) is 8.33. The van der Waals surface area contributed by atoms with Crippen LogP contribution in [0.5, 0.6) is 0 Å². The smallest absolute Gasteiger partial charge is 0.410 e. The van der Waals surface area contributed by atoms with Gasteiger partial charge in [-0.1, -0.05) is 5.92 Å². The van der Waals surface area contributed by atoms with Gasteiger partial charge in [0.25, 0.3) is 0 Å². The highest BCUT2D eigenvalue weighted by atomic mass is 16.6. The number of nitrogens with zero attached hydrogens (tertiary/aromatic N) is 1. The summed E-state index contributed by atoms with van der Waals surface area (Å²) >= 11 is 0. The standard InChI is InChI=1S/C13H19NO4/c1-5-6-10(15)11-9-14(7-8-17-11)12(16)18-13(2,3)4/h11H,7-9H2,1-4H3/t11-/m0/s1. The fourth-order valence-corrected chi connectivity index (χ4v) is 1.50. The van der Waals surface area contributed by atoms with Gasteiger partial charge in [-0.3, -0.25) is 4.79 Å². The molecule has 0 aromatic carbocycles. The van der Waals surface area contributed by atoms with Gasteiger partial charge in [0.15, 0.2) is 0 Å². The van der Waals surface area contributed by atoms with Crippen molar-refractivity contribution < 1.29 is 19.1 Å². The molecule has 1 aliphatic rings. The van der Waals surface area contributed by atoms with E-state index in [1.54, 1.807) is 27.7 Å². The van der Waals surface area contributed by atoms with Gasteiger partial charge in [0.1, 0.15) is 11.7 Å². The second-order valence-corrected chi connectivity index (χ2v) is 5.03. The molecular formula is C13H19NO4. The highest BCUT2D eigenvalue weighted by Gasteiger charge is 2.30. The molecular weight excluding hydrogens is 234 g/mol. The van der Waals surface area contributed by atoms with Crippen molar-refractivity contribution >= 4 is 11.9 Å². The number of Topliss-reactive ketones (excluding diaryl/α,β-unsaturated/α-hetero) is 1. The zero-order valence-corrected chi connectivity index (χ0v) is 11.3. The fraction of sp³-hybridized carbons (Fsp3) is 0.692. The number of ether oxygens (including phenoxy) is 2. The van der Waals surface area contributed by atoms with Crippen molar-refractivity contribution in [3.05, 3.63) is 0 Å². The molecule has 0 aromatic rings. The maximum Gasteiger partial charge on any atom is 0.410 e. The SMILES string of the molecule is CC#CC(=O)[C@@H]1CN(C(=O)OC(C)(C)C)CCO1. The summed E-state index contributed by atoms with van der Waals surface area (Å²) in [4.78, 5) is 24.9. The average molecular weight is 253 g/mol. The predicted molar refractivity (Wildman–Crippen MR) is 66.0 cm³/mol. The maximum atomic E-state index is 11.8. The Bertz CT molecular complexity index is 386. The van der Waals surface area contributed by atoms with Crippen LogP contribution >= 0.6 is 0 Å². The van der Waals surface area contributed by atoms with Crippen molar-refractivity contribution in [2.24, 2.45) is 0 Å². The quantitative estimate of drug-likeness (QED) is 0.521. The van der Waals surface area contributed by atoms with E-state index in [4.69, 9.17) is 9.47 Å². The zero-order valence-electron chi connectivity index (χ0n) is 11.3. The van der Waals surface area contributed by atoms with Crippen LogP contribution in [0.25, 0.3) is 0 Å². The largest absolute Gasteiger partial charge is 0.444 e. The number of amides is 1. The molecule has 0 N–H and O–H groups in total. The van der Waals surface area contributed by atoms with E-state index in [1.165, 1.54) is 4.90 Å². The average Bonchev–Trinajstić information content (AvgIpc) is 2.27. The normalized spacial score (nSPS) is 19.8. The van der Waals surface area contributed by atoms with E-state index in [1.807, 2.05) is 0 Å². The van der Waals surface area contributed by atoms with Gasteiger partial charge in [0.05, 0.1) is 13.2 Å². The Morgan fingerprint density at radius 3 is 2.61 bits per heavy atom. The molecule has 0 aromatic heterocycles. The highest BCUT2D eigenvalue weighted by molar-refractivity contribution is 5.99. The van der Waals surface area contributed by atoms with Gasteiger partial charge in [-0.25, -0.2) is 4.79 Å². The summed E-state index contributed by atoms with van der Waals surface area (Å²) in [5.41, 5.74) is -0.544. The zero-order chi connectivity index (χ0) is 13.8. The summed E-state index contributed by atoms with van der Waals surface area (Å²) in [6, 6.07) is 0. The van der Waals surface area contributed by atoms with Crippen LogP contribution in [0.2, 0.25) is 0 Å². The van der Waals surface area contributed by atoms with Gasteiger partial charge in [-0.05, 0) is 33.6 Å². The number of carbonyl (C=O) groups excluding carboxylic acids is 2. The molecule has 1 saturated heterocycles. The van der Waals surface area contributed by atoms with Crippen LogP contribution in [-0.2, 0) is 14.3 Å². The Balaban J connectivity index is 2.60. The van der Waals surface area contributed by atoms with Crippen molar-refractivity contribution in [3.63, 3.8) is 0 Å². The summed E-state index contributed by atoms with van der Waals surface area (Å²) in [5.74, 6) is 4.66. The van der Waals surface area contributed by atoms with Crippen LogP contribution in [0.4, 0.5) is 4.79 Å². The minimum atomic E-state index is -0.668. The van der Waals surface area contributed by atoms with Gasteiger partial charge < -0.3 is 14.4 Å². The van der Waals surface area contributed by atoms with Crippen LogP contribution in [0.15, 0.2) is 0 Å². The third-order valence-electron chi connectivity index (χ3n) is 2.26. The van der Waals surface area contributed by atoms with Gasteiger partial charge in [-0.2, -0.15) is 0 Å². The first kappa shape index (κ1) is 14.5. The van der Waals surface area contributed by atoms with Gasteiger partial charge >= 0.3 is 6.09 Å². The molecule has 0 saturated carbocycles. The van der Waals surface area contributed by atoms with Crippen molar-refractivity contribution in [2.45, 2.75) is 39.4 Å². The van der Waals surface area contributed by atoms with E-state index in [0.29, 0.717) is 13.2 Å². The second kappa shape index (κ2) is 5.87. The van der Waals surface area contributed by atoms with Crippen LogP contribution in [0.1, 0.15) is 27.7 Å². The van der Waals surface area contributed by atoms with Crippen molar-refractivity contribution in [1.82, 2.24) is 4.90 Å². The predicted octanol–water partition coefficient (Wildman–Crippen LogP) is 1.21. The Morgan fingerprint density at radius 2 is 2.06 bits per heavy atom. The van der Waals surface area contributed by atoms with Crippen LogP contribution in [0.3, 0.4) is 0 Å². The molecule has 5 nitrogen and oxygen atoms in total. The van der Waals surface area contributed by atoms with E-state index in [0.717, 1.165) is 0 Å². The maximum absolute atomic E-state index is 11.8. The molecule has 1 aliphatic heterocycles. The first-order valence-electron chi connectivity index (χ1n) is 5.89. The Morgan fingerprint density at radius 1 is 1.39 bits per heavy atom. The topological polar surface area (TPSA) is 55.8 Å². The van der Waals surface area contributed by atoms with Gasteiger partial charge in [0, 0.05) is 6.54 Å². The minimum Gasteiger partial charge on any atom is -0.444 e. The summed E-state index contributed by atoms with van der Waals surface area (Å²) < 4.78 is 10.6. The summed E-state index contributed by atoms with van der Waals surface area (Å²) in [6.45, 7) is 7.94. The molecule has 18 heavy (non-hydrogen) atoms. The second-order valence-electron chi connectivity index (χ2n) is 5.03. The van der Waals surface area contributed by atoms with E-state index in [9.17, 15) is 9.59 Å². The lowest BCUT2D eigenvalue weighted by Crippen LogP contribution is -2.49. The summed E-state index contributed by atoms with van der Waals surface area (Å²) in [6.07, 6.45) is -1.09. The fourth-order valence-electron chi connectivity index (χ4n) is 1.50. The molecule has 0 bridgehead atoms. The Hall–Kier alpha value is -1.54. The molecule has 5 heteroatoms. The molecule has 1 rings (SSSR count). The number of hydrogen-bond acceptors (Lipinski definition) is 4. The van der Waals surface area contributed by atoms with E-state index < -0.39 is 17.8 Å². The number of carbonyl (C=O) groups is 2. The number of rotatable bonds is 1. The molecule has 100 valence electrons. The highest BCUT2D eigenvalue weighted by Crippen LogP contribution is 2.13. The molecule has 0 aliphatic carbocycles. The third-order valence-corrected chi connectivity index (χ3v) is 2.26. The van der Waals surface area contributed by atoms with Gasteiger partial charge in [0.2, 0.25) is 5.78 Å². The molecule has 1 atom stereocenters. The van der Waals surface area contributed by atoms with Crippen LogP contribution < -0.4 is 0 Å². The number of hydrogen-bond donors (Lipinski definition) is 0. The number of morpholine rings is 1. The van der Waals surface area contributed by atoms with Crippen molar-refractivity contribution in [2.75, 3.05) is 19.7 Å². The van der Waals surface area contributed by atoms with Crippen molar-refractivity contribution in [3.8, 4) is 11.8 Å². The van der Waals surface area contributed by atoms with Gasteiger partial charge in [-0.15, -0.1) is 0 Å². The lowest BCUT2D eigenvalue weighted by Gasteiger charge is -2.32. The molecule has 0 radical (unpaired) electrons. The van der Waals surface area contributed by atoms with E-state index in [2.05, 4.69) is 11.8 Å². The summed E-state index contributed by atoms with van der Waals surface area (Å²) in [7, 11) is 0. The molecule has 1 amide bonds. The van der Waals surface area contributed by atoms with Crippen LogP contribution in [0, 0.1) is 11.8 Å². The monoisotopic (exact) mass is 253 g/mol. The lowest BCUT2D eigenvalue weighted by molar-refractivity contribution is -0.129. The molecule has 0 unspecified atom stereocenters. The van der Waals surface area contributed by atoms with Crippen molar-refractivity contribution in [1.29, 1.82) is 0 Å². The third kappa shape index (κ3) is 4.38. The van der Waals surface area contributed by atoms with E-state index in [-0.39, 0.29) is 12.3 Å². The lowest BCUT2D eigenvalue weighted by atomic mass is 10.2. The first-order valence-corrected chi connectivity index (χ1v) is 5.89. The molecule has 1 heterocycles. The summed E-state index contributed by atoms with van der Waals surface area (Å²) in [5, 5.41) is 0. The minimum absolute atomic E-state index is 0.197. The Kier molecular flexibility index (Phi) is 4.74. The van der Waals surface area contributed by atoms with E-state index >= 15 is 0 Å². The number of ketones is 1. The Labute approximate surface area is 107 Å². The molecule has 1 fully saturated rings. The molecule has 0 spiro atoms.